The number of hydrogen-bond acceptors (Lipinski definition) is 3. The molecule has 0 aliphatic heterocycles. The lowest BCUT2D eigenvalue weighted by atomic mass is 9.96. The fourth-order valence-electron chi connectivity index (χ4n) is 3.24. The summed E-state index contributed by atoms with van der Waals surface area (Å²) in [6.07, 6.45) is 2.42. The van der Waals surface area contributed by atoms with Crippen molar-refractivity contribution >= 4 is 21.9 Å². The van der Waals surface area contributed by atoms with Crippen LogP contribution in [0.25, 0.3) is 0 Å². The molecule has 0 saturated heterocycles. The average molecular weight is 432 g/mol. The van der Waals surface area contributed by atoms with Crippen LogP contribution in [0.5, 0.6) is 11.5 Å². The van der Waals surface area contributed by atoms with Crippen LogP contribution in [0.2, 0.25) is 0 Å². The average Bonchev–Trinajstić information content (AvgIpc) is 3.49. The van der Waals surface area contributed by atoms with Crippen molar-refractivity contribution in [1.29, 1.82) is 0 Å². The smallest absolute Gasteiger partial charge is 0.191 e. The highest BCUT2D eigenvalue weighted by atomic mass is 79.9. The van der Waals surface area contributed by atoms with Crippen LogP contribution >= 0.6 is 15.9 Å². The molecule has 6 heteroatoms. The van der Waals surface area contributed by atoms with Crippen LogP contribution < -0.4 is 20.1 Å². The zero-order valence-corrected chi connectivity index (χ0v) is 17.6. The number of methoxy groups -OCH3 is 2. The van der Waals surface area contributed by atoms with Gasteiger partial charge in [-0.05, 0) is 52.0 Å². The van der Waals surface area contributed by atoms with Gasteiger partial charge < -0.3 is 20.1 Å². The van der Waals surface area contributed by atoms with Gasteiger partial charge in [0.2, 0.25) is 0 Å². The van der Waals surface area contributed by atoms with Crippen LogP contribution in [-0.4, -0.2) is 33.8 Å². The molecule has 5 nitrogen and oxygen atoms in total. The molecule has 1 aliphatic rings. The van der Waals surface area contributed by atoms with E-state index in [1.54, 1.807) is 21.3 Å². The van der Waals surface area contributed by atoms with E-state index in [4.69, 9.17) is 9.47 Å². The molecule has 2 aromatic rings. The van der Waals surface area contributed by atoms with Crippen molar-refractivity contribution < 1.29 is 9.47 Å². The van der Waals surface area contributed by atoms with Gasteiger partial charge in [-0.25, -0.2) is 0 Å². The summed E-state index contributed by atoms with van der Waals surface area (Å²) in [6.45, 7) is 1.52. The Labute approximate surface area is 169 Å². The minimum absolute atomic E-state index is 0.241. The van der Waals surface area contributed by atoms with E-state index in [2.05, 4.69) is 61.9 Å². The molecule has 0 radical (unpaired) electrons. The SMILES string of the molecule is CN=C(NCc1cc(Br)c(OC)c(OC)c1)NCC1(c2ccccc2)CC1. The van der Waals surface area contributed by atoms with Gasteiger partial charge in [0.25, 0.3) is 0 Å². The maximum absolute atomic E-state index is 5.41. The number of nitrogens with zero attached hydrogens (tertiary/aromatic N) is 1. The molecule has 0 spiro atoms. The fraction of sp³-hybridized carbons (Fsp3) is 0.381. The minimum atomic E-state index is 0.241. The molecular weight excluding hydrogens is 406 g/mol. The minimum Gasteiger partial charge on any atom is -0.493 e. The van der Waals surface area contributed by atoms with Gasteiger partial charge in [0.15, 0.2) is 17.5 Å². The van der Waals surface area contributed by atoms with Crippen molar-refractivity contribution in [3.63, 3.8) is 0 Å². The van der Waals surface area contributed by atoms with E-state index in [9.17, 15) is 0 Å². The first-order valence-corrected chi connectivity index (χ1v) is 9.81. The van der Waals surface area contributed by atoms with Gasteiger partial charge in [-0.2, -0.15) is 0 Å². The van der Waals surface area contributed by atoms with E-state index < -0.39 is 0 Å². The number of rotatable bonds is 7. The predicted molar refractivity (Wildman–Crippen MR) is 113 cm³/mol. The topological polar surface area (TPSA) is 54.9 Å². The Balaban J connectivity index is 1.60. The lowest BCUT2D eigenvalue weighted by Crippen LogP contribution is -2.40. The lowest BCUT2D eigenvalue weighted by Gasteiger charge is -2.19. The Morgan fingerprint density at radius 2 is 1.85 bits per heavy atom. The number of aliphatic imine (C=N–C) groups is 1. The molecule has 0 unspecified atom stereocenters. The Morgan fingerprint density at radius 1 is 1.11 bits per heavy atom. The van der Waals surface area contributed by atoms with E-state index in [0.717, 1.165) is 22.5 Å². The van der Waals surface area contributed by atoms with Gasteiger partial charge in [0.1, 0.15) is 0 Å². The summed E-state index contributed by atoms with van der Waals surface area (Å²) in [5.41, 5.74) is 2.72. The monoisotopic (exact) mass is 431 g/mol. The van der Waals surface area contributed by atoms with Crippen LogP contribution in [0.1, 0.15) is 24.0 Å². The van der Waals surface area contributed by atoms with E-state index in [-0.39, 0.29) is 5.41 Å². The third-order valence-corrected chi connectivity index (χ3v) is 5.60. The number of benzene rings is 2. The first-order chi connectivity index (χ1) is 13.1. The summed E-state index contributed by atoms with van der Waals surface area (Å²) in [7, 11) is 5.06. The van der Waals surface area contributed by atoms with Gasteiger partial charge in [-0.3, -0.25) is 4.99 Å². The molecule has 0 heterocycles. The fourth-order valence-corrected chi connectivity index (χ4v) is 3.89. The molecule has 0 amide bonds. The number of halogens is 1. The Kier molecular flexibility index (Phi) is 6.26. The summed E-state index contributed by atoms with van der Waals surface area (Å²) < 4.78 is 11.6. The van der Waals surface area contributed by atoms with Crippen molar-refractivity contribution in [2.45, 2.75) is 24.8 Å². The van der Waals surface area contributed by atoms with Crippen LogP contribution in [0, 0.1) is 0 Å². The highest BCUT2D eigenvalue weighted by Crippen LogP contribution is 2.47. The quantitative estimate of drug-likeness (QED) is 0.516. The third-order valence-electron chi connectivity index (χ3n) is 5.01. The molecule has 3 rings (SSSR count). The number of ether oxygens (including phenoxy) is 2. The van der Waals surface area contributed by atoms with E-state index in [0.29, 0.717) is 18.0 Å². The molecule has 0 bridgehead atoms. The molecule has 1 fully saturated rings. The second-order valence-corrected chi connectivity index (χ2v) is 7.59. The number of hydrogen-bond donors (Lipinski definition) is 2. The second-order valence-electron chi connectivity index (χ2n) is 6.74. The van der Waals surface area contributed by atoms with E-state index >= 15 is 0 Å². The van der Waals surface area contributed by atoms with Crippen molar-refractivity contribution in [1.82, 2.24) is 10.6 Å². The third kappa shape index (κ3) is 4.56. The van der Waals surface area contributed by atoms with Crippen LogP contribution in [0.4, 0.5) is 0 Å². The molecule has 0 aromatic heterocycles. The van der Waals surface area contributed by atoms with Crippen molar-refractivity contribution in [3.8, 4) is 11.5 Å². The summed E-state index contributed by atoms with van der Waals surface area (Å²) in [4.78, 5) is 4.35. The molecule has 144 valence electrons. The lowest BCUT2D eigenvalue weighted by molar-refractivity contribution is 0.352. The highest BCUT2D eigenvalue weighted by molar-refractivity contribution is 9.10. The molecule has 27 heavy (non-hydrogen) atoms. The second kappa shape index (κ2) is 8.65. The molecule has 1 saturated carbocycles. The standard InChI is InChI=1S/C21H26BrN3O2/c1-23-20(25-14-21(9-10-21)16-7-5-4-6-8-16)24-13-15-11-17(22)19(27-3)18(12-15)26-2/h4-8,11-12H,9-10,13-14H2,1-3H3,(H2,23,24,25). The Hall–Kier alpha value is -2.21. The summed E-state index contributed by atoms with van der Waals surface area (Å²) in [5, 5.41) is 6.85. The Bertz CT molecular complexity index is 805. The largest absolute Gasteiger partial charge is 0.493 e. The maximum atomic E-state index is 5.41. The predicted octanol–water partition coefficient (Wildman–Crippen LogP) is 3.86. The van der Waals surface area contributed by atoms with Crippen molar-refractivity contribution in [2.75, 3.05) is 27.8 Å². The van der Waals surface area contributed by atoms with Gasteiger partial charge in [0.05, 0.1) is 18.7 Å². The zero-order valence-electron chi connectivity index (χ0n) is 16.0. The van der Waals surface area contributed by atoms with Crippen LogP contribution in [-0.2, 0) is 12.0 Å². The Morgan fingerprint density at radius 3 is 2.44 bits per heavy atom. The molecule has 0 atom stereocenters. The number of guanidine groups is 1. The van der Waals surface area contributed by atoms with Crippen molar-refractivity contribution in [3.05, 3.63) is 58.1 Å². The first kappa shape index (κ1) is 19.5. The van der Waals surface area contributed by atoms with Gasteiger partial charge in [-0.15, -0.1) is 0 Å². The molecular formula is C21H26BrN3O2. The molecule has 2 N–H and O–H groups in total. The van der Waals surface area contributed by atoms with Crippen LogP contribution in [0.15, 0.2) is 51.9 Å². The van der Waals surface area contributed by atoms with Gasteiger partial charge in [-0.1, -0.05) is 30.3 Å². The first-order valence-electron chi connectivity index (χ1n) is 9.02. The zero-order chi connectivity index (χ0) is 19.3. The highest BCUT2D eigenvalue weighted by Gasteiger charge is 2.43. The van der Waals surface area contributed by atoms with Gasteiger partial charge in [0, 0.05) is 25.6 Å². The summed E-state index contributed by atoms with van der Waals surface area (Å²) in [5.74, 6) is 2.19. The molecule has 1 aliphatic carbocycles. The summed E-state index contributed by atoms with van der Waals surface area (Å²) >= 11 is 3.54. The number of nitrogens with one attached hydrogen (secondary N) is 2. The van der Waals surface area contributed by atoms with Crippen LogP contribution in [0.3, 0.4) is 0 Å². The van der Waals surface area contributed by atoms with E-state index in [1.165, 1.54) is 18.4 Å². The maximum Gasteiger partial charge on any atom is 0.191 e. The normalized spacial score (nSPS) is 15.2. The summed E-state index contributed by atoms with van der Waals surface area (Å²) in [6, 6.07) is 14.7. The van der Waals surface area contributed by atoms with Crippen molar-refractivity contribution in [2.24, 2.45) is 4.99 Å². The van der Waals surface area contributed by atoms with E-state index in [1.807, 2.05) is 12.1 Å². The molecule has 2 aromatic carbocycles. The van der Waals surface area contributed by atoms with Gasteiger partial charge >= 0.3 is 0 Å².